The summed E-state index contributed by atoms with van der Waals surface area (Å²) >= 11 is 5.72. The minimum Gasteiger partial charge on any atom is -0.349 e. The van der Waals surface area contributed by atoms with Crippen LogP contribution in [-0.4, -0.2) is 12.5 Å². The molecule has 1 fully saturated rings. The Hall–Kier alpha value is -1.67. The first kappa shape index (κ1) is 14.3. The number of rotatable bonds is 1. The molecule has 110 valence electrons. The average Bonchev–Trinajstić information content (AvgIpc) is 3.27. The summed E-state index contributed by atoms with van der Waals surface area (Å²) in [5, 5.41) is 2.33. The topological polar surface area (TPSA) is 24.4 Å². The molecule has 21 heavy (non-hydrogen) atoms. The summed E-state index contributed by atoms with van der Waals surface area (Å²) in [5.41, 5.74) is -1.38. The zero-order valence-corrected chi connectivity index (χ0v) is 11.7. The van der Waals surface area contributed by atoms with E-state index in [-0.39, 0.29) is 23.0 Å². The van der Waals surface area contributed by atoms with Gasteiger partial charge in [0.2, 0.25) is 5.54 Å². The van der Waals surface area contributed by atoms with Gasteiger partial charge in [0.1, 0.15) is 0 Å². The van der Waals surface area contributed by atoms with Crippen LogP contribution in [0.15, 0.2) is 23.2 Å². The first-order valence-electron chi connectivity index (χ1n) is 6.55. The Bertz CT molecular complexity index is 653. The van der Waals surface area contributed by atoms with Crippen LogP contribution in [0.1, 0.15) is 24.0 Å². The SMILES string of the molecule is FC(F)(F)C1(C#CC2CC2)NC=Nc2cc(CCl)ccc21. The van der Waals surface area contributed by atoms with E-state index in [0.717, 1.165) is 24.7 Å². The first-order chi connectivity index (χ1) is 9.96. The maximum Gasteiger partial charge on any atom is 0.427 e. The van der Waals surface area contributed by atoms with Gasteiger partial charge in [0.25, 0.3) is 0 Å². The van der Waals surface area contributed by atoms with Crippen molar-refractivity contribution in [2.45, 2.75) is 30.4 Å². The van der Waals surface area contributed by atoms with E-state index in [1.807, 2.05) is 0 Å². The van der Waals surface area contributed by atoms with Crippen molar-refractivity contribution in [1.29, 1.82) is 0 Å². The molecule has 0 saturated heterocycles. The van der Waals surface area contributed by atoms with E-state index in [0.29, 0.717) is 0 Å². The number of hydrogen-bond donors (Lipinski definition) is 1. The molecule has 0 radical (unpaired) electrons. The maximum atomic E-state index is 13.7. The molecule has 1 aromatic rings. The van der Waals surface area contributed by atoms with E-state index in [9.17, 15) is 13.2 Å². The highest BCUT2D eigenvalue weighted by atomic mass is 35.5. The smallest absolute Gasteiger partial charge is 0.349 e. The van der Waals surface area contributed by atoms with Gasteiger partial charge in [-0.1, -0.05) is 24.0 Å². The highest BCUT2D eigenvalue weighted by Gasteiger charge is 2.57. The van der Waals surface area contributed by atoms with Crippen molar-refractivity contribution in [3.63, 3.8) is 0 Å². The van der Waals surface area contributed by atoms with E-state index in [2.05, 4.69) is 22.2 Å². The van der Waals surface area contributed by atoms with Gasteiger partial charge in [0, 0.05) is 17.4 Å². The fourth-order valence-corrected chi connectivity index (χ4v) is 2.37. The molecule has 2 nitrogen and oxygen atoms in total. The highest BCUT2D eigenvalue weighted by molar-refractivity contribution is 6.17. The Balaban J connectivity index is 2.14. The minimum absolute atomic E-state index is 0.0273. The molecule has 3 rings (SSSR count). The van der Waals surface area contributed by atoms with Gasteiger partial charge in [-0.2, -0.15) is 13.2 Å². The molecule has 1 saturated carbocycles. The maximum absolute atomic E-state index is 13.7. The third kappa shape index (κ3) is 2.49. The van der Waals surface area contributed by atoms with Crippen LogP contribution in [0.3, 0.4) is 0 Å². The fraction of sp³-hybridized carbons (Fsp3) is 0.400. The molecule has 6 heteroatoms. The lowest BCUT2D eigenvalue weighted by atomic mass is 9.86. The van der Waals surface area contributed by atoms with Crippen LogP contribution in [0, 0.1) is 17.8 Å². The predicted molar refractivity (Wildman–Crippen MR) is 75.5 cm³/mol. The van der Waals surface area contributed by atoms with Crippen LogP contribution in [-0.2, 0) is 11.4 Å². The second-order valence-corrected chi connectivity index (χ2v) is 5.45. The number of halogens is 4. The van der Waals surface area contributed by atoms with Crippen molar-refractivity contribution < 1.29 is 13.2 Å². The van der Waals surface area contributed by atoms with E-state index in [1.54, 1.807) is 12.1 Å². The quantitative estimate of drug-likeness (QED) is 0.618. The Morgan fingerprint density at radius 3 is 2.76 bits per heavy atom. The van der Waals surface area contributed by atoms with Crippen LogP contribution in [0.25, 0.3) is 0 Å². The fourth-order valence-electron chi connectivity index (χ4n) is 2.21. The van der Waals surface area contributed by atoms with Gasteiger partial charge >= 0.3 is 6.18 Å². The van der Waals surface area contributed by atoms with Gasteiger partial charge in [-0.25, -0.2) is 4.99 Å². The van der Waals surface area contributed by atoms with Gasteiger partial charge in [0.15, 0.2) is 0 Å². The summed E-state index contributed by atoms with van der Waals surface area (Å²) < 4.78 is 41.0. The Kier molecular flexibility index (Phi) is 3.37. The molecule has 1 unspecified atom stereocenters. The monoisotopic (exact) mass is 312 g/mol. The lowest BCUT2D eigenvalue weighted by Gasteiger charge is -2.34. The second-order valence-electron chi connectivity index (χ2n) is 5.18. The third-order valence-electron chi connectivity index (χ3n) is 3.57. The molecule has 0 bridgehead atoms. The van der Waals surface area contributed by atoms with Crippen molar-refractivity contribution in [2.75, 3.05) is 0 Å². The third-order valence-corrected chi connectivity index (χ3v) is 3.88. The van der Waals surface area contributed by atoms with E-state index in [4.69, 9.17) is 11.6 Å². The number of fused-ring (bicyclic) bond motifs is 1. The summed E-state index contributed by atoms with van der Waals surface area (Å²) in [4.78, 5) is 3.99. The summed E-state index contributed by atoms with van der Waals surface area (Å²) in [6.07, 6.45) is -1.74. The van der Waals surface area contributed by atoms with E-state index >= 15 is 0 Å². The van der Waals surface area contributed by atoms with Crippen LogP contribution < -0.4 is 5.32 Å². The Morgan fingerprint density at radius 2 is 2.14 bits per heavy atom. The second kappa shape index (κ2) is 4.96. The van der Waals surface area contributed by atoms with E-state index in [1.165, 1.54) is 6.07 Å². The van der Waals surface area contributed by atoms with E-state index < -0.39 is 11.7 Å². The molecular weight excluding hydrogens is 301 g/mol. The van der Waals surface area contributed by atoms with Gasteiger partial charge in [0.05, 0.1) is 12.0 Å². The van der Waals surface area contributed by atoms with Gasteiger partial charge < -0.3 is 5.32 Å². The molecule has 1 aliphatic carbocycles. The lowest BCUT2D eigenvalue weighted by molar-refractivity contribution is -0.177. The number of nitrogens with zero attached hydrogens (tertiary/aromatic N) is 1. The summed E-state index contributed by atoms with van der Waals surface area (Å²) in [5.74, 6) is 5.45. The number of nitrogens with one attached hydrogen (secondary N) is 1. The standard InChI is InChI=1S/C15H12ClF3N2/c16-8-11-3-4-12-13(7-11)20-9-21-14(12,15(17,18)19)6-5-10-1-2-10/h3-4,7,9-10H,1-2,8H2,(H,20,21). The molecule has 0 amide bonds. The molecule has 1 aromatic carbocycles. The zero-order chi connectivity index (χ0) is 15.1. The summed E-state index contributed by atoms with van der Waals surface area (Å²) in [7, 11) is 0. The van der Waals surface area contributed by atoms with Crippen molar-refractivity contribution in [2.24, 2.45) is 10.9 Å². The van der Waals surface area contributed by atoms with Gasteiger partial charge in [-0.05, 0) is 24.5 Å². The molecule has 1 heterocycles. The highest BCUT2D eigenvalue weighted by Crippen LogP contribution is 2.44. The van der Waals surface area contributed by atoms with Crippen LogP contribution in [0.2, 0.25) is 0 Å². The van der Waals surface area contributed by atoms with Crippen molar-refractivity contribution in [3.8, 4) is 11.8 Å². The number of hydrogen-bond acceptors (Lipinski definition) is 2. The summed E-state index contributed by atoms with van der Waals surface area (Å²) in [6.45, 7) is 0. The molecular formula is C15H12ClF3N2. The molecule has 1 atom stereocenters. The molecule has 1 N–H and O–H groups in total. The Labute approximate surface area is 125 Å². The first-order valence-corrected chi connectivity index (χ1v) is 7.09. The molecule has 2 aliphatic rings. The normalized spacial score (nSPS) is 23.8. The number of alkyl halides is 4. The molecule has 1 aliphatic heterocycles. The lowest BCUT2D eigenvalue weighted by Crippen LogP contribution is -2.53. The van der Waals surface area contributed by atoms with Gasteiger partial charge in [-0.3, -0.25) is 0 Å². The van der Waals surface area contributed by atoms with Gasteiger partial charge in [-0.15, -0.1) is 11.6 Å². The number of aliphatic imine (C=N–C) groups is 1. The zero-order valence-electron chi connectivity index (χ0n) is 11.0. The summed E-state index contributed by atoms with van der Waals surface area (Å²) in [6, 6.07) is 4.55. The largest absolute Gasteiger partial charge is 0.427 e. The molecule has 0 spiro atoms. The predicted octanol–water partition coefficient (Wildman–Crippen LogP) is 3.86. The minimum atomic E-state index is -4.54. The molecule has 0 aromatic heterocycles. The van der Waals surface area contributed by atoms with Crippen LogP contribution >= 0.6 is 11.6 Å². The number of benzene rings is 1. The van der Waals surface area contributed by atoms with Crippen LogP contribution in [0.5, 0.6) is 0 Å². The van der Waals surface area contributed by atoms with Crippen LogP contribution in [0.4, 0.5) is 18.9 Å². The van der Waals surface area contributed by atoms with Crippen molar-refractivity contribution in [1.82, 2.24) is 5.32 Å². The van der Waals surface area contributed by atoms with Crippen molar-refractivity contribution >= 4 is 23.6 Å². The Morgan fingerprint density at radius 1 is 1.38 bits per heavy atom. The average molecular weight is 313 g/mol. The van der Waals surface area contributed by atoms with Crippen molar-refractivity contribution in [3.05, 3.63) is 29.3 Å².